The second kappa shape index (κ2) is 8.87. The van der Waals surface area contributed by atoms with Crippen molar-refractivity contribution in [3.8, 4) is 5.75 Å². The Hall–Kier alpha value is -1.59. The van der Waals surface area contributed by atoms with Gasteiger partial charge in [-0.25, -0.2) is 0 Å². The van der Waals surface area contributed by atoms with E-state index in [1.165, 1.54) is 18.4 Å². The lowest BCUT2D eigenvalue weighted by Gasteiger charge is -2.44. The molecule has 0 aliphatic carbocycles. The van der Waals surface area contributed by atoms with E-state index in [0.717, 1.165) is 38.5 Å². The first-order valence-corrected chi connectivity index (χ1v) is 9.99. The minimum Gasteiger partial charge on any atom is -0.492 e. The van der Waals surface area contributed by atoms with Gasteiger partial charge in [-0.1, -0.05) is 12.1 Å². The molecule has 1 aromatic carbocycles. The molecular formula is C21H33N3O2. The molecule has 2 saturated heterocycles. The van der Waals surface area contributed by atoms with E-state index < -0.39 is 0 Å². The number of hydrogen-bond acceptors (Lipinski definition) is 4. The molecule has 0 saturated carbocycles. The van der Waals surface area contributed by atoms with Crippen LogP contribution in [0.3, 0.4) is 0 Å². The van der Waals surface area contributed by atoms with Crippen molar-refractivity contribution in [3.05, 3.63) is 29.8 Å². The van der Waals surface area contributed by atoms with Gasteiger partial charge in [0.2, 0.25) is 5.91 Å². The second-order valence-electron chi connectivity index (χ2n) is 7.80. The van der Waals surface area contributed by atoms with Crippen LogP contribution in [-0.4, -0.2) is 67.1 Å². The Morgan fingerprint density at radius 2 is 1.73 bits per heavy atom. The summed E-state index contributed by atoms with van der Waals surface area (Å²) in [4.78, 5) is 16.0. The minimum atomic E-state index is 0.174. The number of rotatable bonds is 5. The summed E-state index contributed by atoms with van der Waals surface area (Å²) in [6, 6.07) is 9.40. The molecule has 5 heteroatoms. The fraction of sp³-hybridized carbons (Fsp3) is 0.667. The molecule has 26 heavy (non-hydrogen) atoms. The summed E-state index contributed by atoms with van der Waals surface area (Å²) in [5.41, 5.74) is 1.43. The Morgan fingerprint density at radius 3 is 2.31 bits per heavy atom. The molecule has 2 atom stereocenters. The van der Waals surface area contributed by atoms with E-state index >= 15 is 0 Å². The van der Waals surface area contributed by atoms with Crippen LogP contribution in [0.25, 0.3) is 0 Å². The minimum absolute atomic E-state index is 0.174. The monoisotopic (exact) mass is 359 g/mol. The average molecular weight is 360 g/mol. The zero-order chi connectivity index (χ0) is 18.5. The maximum atomic E-state index is 11.6. The summed E-state index contributed by atoms with van der Waals surface area (Å²) in [7, 11) is 0. The zero-order valence-corrected chi connectivity index (χ0v) is 16.4. The molecule has 2 heterocycles. The van der Waals surface area contributed by atoms with Gasteiger partial charge < -0.3 is 15.0 Å². The van der Waals surface area contributed by atoms with E-state index in [-0.39, 0.29) is 5.91 Å². The Balaban J connectivity index is 1.46. The van der Waals surface area contributed by atoms with Gasteiger partial charge in [0.1, 0.15) is 12.4 Å². The largest absolute Gasteiger partial charge is 0.492 e. The first-order valence-electron chi connectivity index (χ1n) is 9.99. The van der Waals surface area contributed by atoms with Crippen molar-refractivity contribution in [1.82, 2.24) is 15.1 Å². The maximum Gasteiger partial charge on any atom is 0.219 e. The van der Waals surface area contributed by atoms with Crippen molar-refractivity contribution in [2.75, 3.05) is 39.3 Å². The molecule has 1 aromatic rings. The Labute approximate surface area is 157 Å². The van der Waals surface area contributed by atoms with Gasteiger partial charge in [-0.3, -0.25) is 9.69 Å². The van der Waals surface area contributed by atoms with Crippen LogP contribution in [0.15, 0.2) is 24.3 Å². The molecule has 3 rings (SSSR count). The third-order valence-corrected chi connectivity index (χ3v) is 5.86. The first-order chi connectivity index (χ1) is 12.5. The lowest BCUT2D eigenvalue weighted by molar-refractivity contribution is -0.133. The molecule has 0 radical (unpaired) electrons. The first kappa shape index (κ1) is 19.2. The van der Waals surface area contributed by atoms with Crippen LogP contribution in [0, 0.1) is 0 Å². The highest BCUT2D eigenvalue weighted by atomic mass is 16.5. The smallest absolute Gasteiger partial charge is 0.219 e. The van der Waals surface area contributed by atoms with Crippen LogP contribution >= 0.6 is 0 Å². The summed E-state index contributed by atoms with van der Waals surface area (Å²) in [6.07, 6.45) is 2.45. The van der Waals surface area contributed by atoms with Gasteiger partial charge in [0.25, 0.3) is 0 Å². The highest BCUT2D eigenvalue weighted by Gasteiger charge is 2.30. The summed E-state index contributed by atoms with van der Waals surface area (Å²) < 4.78 is 5.99. The van der Waals surface area contributed by atoms with Crippen LogP contribution in [0.5, 0.6) is 5.75 Å². The van der Waals surface area contributed by atoms with Gasteiger partial charge >= 0.3 is 0 Å². The van der Waals surface area contributed by atoms with E-state index in [0.29, 0.717) is 24.6 Å². The predicted octanol–water partition coefficient (Wildman–Crippen LogP) is 2.47. The van der Waals surface area contributed by atoms with E-state index in [4.69, 9.17) is 4.74 Å². The molecule has 144 valence electrons. The molecule has 2 aliphatic heterocycles. The van der Waals surface area contributed by atoms with Crippen molar-refractivity contribution in [2.45, 2.75) is 51.6 Å². The lowest BCUT2D eigenvalue weighted by Crippen LogP contribution is -2.58. The van der Waals surface area contributed by atoms with Crippen LogP contribution in [-0.2, 0) is 4.79 Å². The van der Waals surface area contributed by atoms with E-state index in [1.807, 2.05) is 4.90 Å². The van der Waals surface area contributed by atoms with Gasteiger partial charge in [-0.2, -0.15) is 0 Å². The second-order valence-corrected chi connectivity index (χ2v) is 7.80. The number of hydrogen-bond donors (Lipinski definition) is 1. The van der Waals surface area contributed by atoms with Crippen molar-refractivity contribution in [1.29, 1.82) is 0 Å². The standard InChI is InChI=1S/C21H33N3O2/c1-16-14-23(18(3)25)15-17(2)24(16)12-13-26-21-6-4-19(5-7-21)20-8-10-22-11-9-20/h4-7,16-17,20,22H,8-15H2,1-3H3/t16-,17?/m0/s1. The van der Waals surface area contributed by atoms with Crippen LogP contribution in [0.1, 0.15) is 45.1 Å². The van der Waals surface area contributed by atoms with Crippen LogP contribution < -0.4 is 10.1 Å². The van der Waals surface area contributed by atoms with E-state index in [2.05, 4.69) is 48.3 Å². The Morgan fingerprint density at radius 1 is 1.12 bits per heavy atom. The number of benzene rings is 1. The number of piperidine rings is 1. The summed E-state index contributed by atoms with van der Waals surface area (Å²) in [6.45, 7) is 11.5. The molecule has 2 aliphatic rings. The molecule has 1 amide bonds. The molecule has 1 N–H and O–H groups in total. The molecule has 1 unspecified atom stereocenters. The van der Waals surface area contributed by atoms with Crippen molar-refractivity contribution < 1.29 is 9.53 Å². The van der Waals surface area contributed by atoms with Crippen molar-refractivity contribution in [2.24, 2.45) is 0 Å². The van der Waals surface area contributed by atoms with Crippen LogP contribution in [0.2, 0.25) is 0 Å². The molecular weight excluding hydrogens is 326 g/mol. The molecule has 0 bridgehead atoms. The van der Waals surface area contributed by atoms with Gasteiger partial charge in [0.15, 0.2) is 0 Å². The SMILES string of the molecule is CC(=O)N1CC(C)N(CCOc2ccc(C3CCNCC3)cc2)[C@@H](C)C1. The number of carbonyl (C=O) groups is 1. The highest BCUT2D eigenvalue weighted by Crippen LogP contribution is 2.26. The summed E-state index contributed by atoms with van der Waals surface area (Å²) in [5.74, 6) is 1.81. The third kappa shape index (κ3) is 4.77. The average Bonchev–Trinajstić information content (AvgIpc) is 2.65. The fourth-order valence-corrected chi connectivity index (χ4v) is 4.31. The number of piperazine rings is 1. The Bertz CT molecular complexity index is 571. The van der Waals surface area contributed by atoms with Gasteiger partial charge in [-0.05, 0) is 63.4 Å². The molecule has 2 fully saturated rings. The fourth-order valence-electron chi connectivity index (χ4n) is 4.31. The van der Waals surface area contributed by atoms with E-state index in [1.54, 1.807) is 6.92 Å². The van der Waals surface area contributed by atoms with Crippen molar-refractivity contribution >= 4 is 5.91 Å². The summed E-state index contributed by atoms with van der Waals surface area (Å²) >= 11 is 0. The zero-order valence-electron chi connectivity index (χ0n) is 16.4. The Kier molecular flexibility index (Phi) is 6.54. The number of nitrogens with one attached hydrogen (secondary N) is 1. The van der Waals surface area contributed by atoms with Gasteiger partial charge in [0.05, 0.1) is 0 Å². The highest BCUT2D eigenvalue weighted by molar-refractivity contribution is 5.73. The van der Waals surface area contributed by atoms with Crippen LogP contribution in [0.4, 0.5) is 0 Å². The predicted molar refractivity (Wildman–Crippen MR) is 105 cm³/mol. The van der Waals surface area contributed by atoms with E-state index in [9.17, 15) is 4.79 Å². The number of amides is 1. The van der Waals surface area contributed by atoms with Gasteiger partial charge in [0, 0.05) is 38.6 Å². The normalized spacial score (nSPS) is 25.3. The topological polar surface area (TPSA) is 44.8 Å². The molecule has 0 aromatic heterocycles. The van der Waals surface area contributed by atoms with Crippen molar-refractivity contribution in [3.63, 3.8) is 0 Å². The third-order valence-electron chi connectivity index (χ3n) is 5.86. The number of ether oxygens (including phenoxy) is 1. The van der Waals surface area contributed by atoms with Gasteiger partial charge in [-0.15, -0.1) is 0 Å². The maximum absolute atomic E-state index is 11.6. The number of carbonyl (C=O) groups excluding carboxylic acids is 1. The quantitative estimate of drug-likeness (QED) is 0.877. The lowest BCUT2D eigenvalue weighted by atomic mass is 9.90. The summed E-state index contributed by atoms with van der Waals surface area (Å²) in [5, 5.41) is 3.42. The molecule has 0 spiro atoms. The number of nitrogens with zero attached hydrogens (tertiary/aromatic N) is 2. The molecule has 5 nitrogen and oxygen atoms in total.